The fourth-order valence-electron chi connectivity index (χ4n) is 2.89. The van der Waals surface area contributed by atoms with Crippen molar-refractivity contribution in [3.8, 4) is 0 Å². The van der Waals surface area contributed by atoms with Crippen LogP contribution in [0.2, 0.25) is 0 Å². The third kappa shape index (κ3) is 2.86. The number of aryl methyl sites for hydroxylation is 3. The molecule has 102 valence electrons. The number of hydrogen-bond donors (Lipinski definition) is 0. The van der Waals surface area contributed by atoms with Gasteiger partial charge < -0.3 is 4.90 Å². The van der Waals surface area contributed by atoms with Gasteiger partial charge in [-0.2, -0.15) is 0 Å². The van der Waals surface area contributed by atoms with Crippen LogP contribution in [0.25, 0.3) is 0 Å². The van der Waals surface area contributed by atoms with Crippen LogP contribution in [0.3, 0.4) is 0 Å². The summed E-state index contributed by atoms with van der Waals surface area (Å²) in [5, 5.41) is 0. The lowest BCUT2D eigenvalue weighted by Crippen LogP contribution is -2.40. The molecule has 3 nitrogen and oxygen atoms in total. The number of nitrogens with zero attached hydrogens (tertiary/aromatic N) is 1. The molecular formula is C16H21NO2. The first-order chi connectivity index (χ1) is 9.00. The Morgan fingerprint density at radius 3 is 2.00 bits per heavy atom. The maximum Gasteiger partial charge on any atom is 0.294 e. The Morgan fingerprint density at radius 2 is 1.47 bits per heavy atom. The Hall–Kier alpha value is -1.64. The van der Waals surface area contributed by atoms with Crippen molar-refractivity contribution in [1.29, 1.82) is 0 Å². The fraction of sp³-hybridized carbons (Fsp3) is 0.500. The summed E-state index contributed by atoms with van der Waals surface area (Å²) in [4.78, 5) is 26.4. The van der Waals surface area contributed by atoms with E-state index < -0.39 is 0 Å². The van der Waals surface area contributed by atoms with Crippen molar-refractivity contribution >= 4 is 11.7 Å². The predicted octanol–water partition coefficient (Wildman–Crippen LogP) is 2.81. The van der Waals surface area contributed by atoms with Gasteiger partial charge in [0.1, 0.15) is 0 Å². The lowest BCUT2D eigenvalue weighted by Gasteiger charge is -2.26. The molecule has 0 aromatic heterocycles. The fourth-order valence-corrected chi connectivity index (χ4v) is 2.89. The molecule has 3 heteroatoms. The summed E-state index contributed by atoms with van der Waals surface area (Å²) in [6, 6.07) is 3.92. The molecule has 0 bridgehead atoms. The van der Waals surface area contributed by atoms with Crippen molar-refractivity contribution < 1.29 is 9.59 Å². The van der Waals surface area contributed by atoms with E-state index in [1.807, 2.05) is 32.9 Å². The van der Waals surface area contributed by atoms with Crippen molar-refractivity contribution in [2.45, 2.75) is 40.0 Å². The monoisotopic (exact) mass is 259 g/mol. The van der Waals surface area contributed by atoms with Crippen molar-refractivity contribution in [2.75, 3.05) is 13.1 Å². The van der Waals surface area contributed by atoms with Gasteiger partial charge in [0.05, 0.1) is 0 Å². The Labute approximate surface area is 114 Å². The molecule has 0 unspecified atom stereocenters. The first-order valence-corrected chi connectivity index (χ1v) is 6.92. The SMILES string of the molecule is Cc1cc(C)c(C(=O)C(=O)N2CCCCC2)c(C)c1. The molecule has 1 aromatic carbocycles. The molecule has 2 rings (SSSR count). The van der Waals surface area contributed by atoms with Crippen molar-refractivity contribution in [3.05, 3.63) is 34.4 Å². The quantitative estimate of drug-likeness (QED) is 0.605. The third-order valence-corrected chi connectivity index (χ3v) is 3.74. The number of piperidine rings is 1. The number of rotatable bonds is 2. The highest BCUT2D eigenvalue weighted by molar-refractivity contribution is 6.43. The zero-order valence-corrected chi connectivity index (χ0v) is 12.0. The van der Waals surface area contributed by atoms with Gasteiger partial charge in [0.25, 0.3) is 11.7 Å². The van der Waals surface area contributed by atoms with Gasteiger partial charge in [0.2, 0.25) is 0 Å². The average molecular weight is 259 g/mol. The van der Waals surface area contributed by atoms with Gasteiger partial charge in [0.15, 0.2) is 0 Å². The lowest BCUT2D eigenvalue weighted by molar-refractivity contribution is -0.127. The number of amides is 1. The van der Waals surface area contributed by atoms with E-state index in [9.17, 15) is 9.59 Å². The first kappa shape index (κ1) is 13.8. The van der Waals surface area contributed by atoms with E-state index in [2.05, 4.69) is 0 Å². The van der Waals surface area contributed by atoms with Crippen LogP contribution in [0, 0.1) is 20.8 Å². The maximum atomic E-state index is 12.4. The minimum atomic E-state index is -0.350. The number of Topliss-reactive ketones (excluding diaryl/α,β-unsaturated/α-hetero) is 1. The van der Waals surface area contributed by atoms with Crippen LogP contribution in [0.5, 0.6) is 0 Å². The summed E-state index contributed by atoms with van der Waals surface area (Å²) in [5.41, 5.74) is 3.50. The highest BCUT2D eigenvalue weighted by atomic mass is 16.2. The van der Waals surface area contributed by atoms with Gasteiger partial charge in [-0.1, -0.05) is 17.7 Å². The van der Waals surface area contributed by atoms with Crippen LogP contribution in [0.4, 0.5) is 0 Å². The standard InChI is InChI=1S/C16H21NO2/c1-11-9-12(2)14(13(3)10-11)15(18)16(19)17-7-5-4-6-8-17/h9-10H,4-8H2,1-3H3. The molecule has 1 aliphatic rings. The average Bonchev–Trinajstić information content (AvgIpc) is 2.37. The number of ketones is 1. The number of carbonyl (C=O) groups excluding carboxylic acids is 2. The molecule has 19 heavy (non-hydrogen) atoms. The van der Waals surface area contributed by atoms with Crippen LogP contribution in [0.15, 0.2) is 12.1 Å². The maximum absolute atomic E-state index is 12.4. The Balaban J connectivity index is 2.26. The number of benzene rings is 1. The Morgan fingerprint density at radius 1 is 0.947 bits per heavy atom. The lowest BCUT2D eigenvalue weighted by atomic mass is 9.95. The van der Waals surface area contributed by atoms with Gasteiger partial charge in [-0.15, -0.1) is 0 Å². The van der Waals surface area contributed by atoms with Crippen LogP contribution in [-0.4, -0.2) is 29.7 Å². The Bertz CT molecular complexity index is 490. The first-order valence-electron chi connectivity index (χ1n) is 6.92. The molecule has 1 amide bonds. The summed E-state index contributed by atoms with van der Waals surface area (Å²) in [6.07, 6.45) is 3.16. The molecule has 0 radical (unpaired) electrons. The van der Waals surface area contributed by atoms with E-state index >= 15 is 0 Å². The van der Waals surface area contributed by atoms with E-state index in [0.717, 1.165) is 36.0 Å². The van der Waals surface area contributed by atoms with Crippen LogP contribution in [0.1, 0.15) is 46.3 Å². The van der Waals surface area contributed by atoms with Crippen LogP contribution < -0.4 is 0 Å². The molecule has 0 atom stereocenters. The molecule has 1 saturated heterocycles. The third-order valence-electron chi connectivity index (χ3n) is 3.74. The highest BCUT2D eigenvalue weighted by Gasteiger charge is 2.26. The molecular weight excluding hydrogens is 238 g/mol. The van der Waals surface area contributed by atoms with Crippen molar-refractivity contribution in [2.24, 2.45) is 0 Å². The van der Waals surface area contributed by atoms with Gasteiger partial charge in [-0.3, -0.25) is 9.59 Å². The van der Waals surface area contributed by atoms with Gasteiger partial charge in [-0.25, -0.2) is 0 Å². The van der Waals surface area contributed by atoms with E-state index in [4.69, 9.17) is 0 Å². The number of likely N-dealkylation sites (tertiary alicyclic amines) is 1. The second kappa shape index (κ2) is 5.55. The van der Waals surface area contributed by atoms with Gasteiger partial charge in [-0.05, 0) is 51.2 Å². The van der Waals surface area contributed by atoms with E-state index in [0.29, 0.717) is 18.7 Å². The minimum Gasteiger partial charge on any atom is -0.336 e. The second-order valence-corrected chi connectivity index (χ2v) is 5.46. The molecule has 1 heterocycles. The van der Waals surface area contributed by atoms with Crippen molar-refractivity contribution in [3.63, 3.8) is 0 Å². The molecule has 0 saturated carbocycles. The smallest absolute Gasteiger partial charge is 0.294 e. The largest absolute Gasteiger partial charge is 0.336 e. The molecule has 0 N–H and O–H groups in total. The van der Waals surface area contributed by atoms with Gasteiger partial charge >= 0.3 is 0 Å². The normalized spacial score (nSPS) is 15.4. The summed E-state index contributed by atoms with van der Waals surface area (Å²) < 4.78 is 0. The summed E-state index contributed by atoms with van der Waals surface area (Å²) >= 11 is 0. The van der Waals surface area contributed by atoms with E-state index in [-0.39, 0.29) is 11.7 Å². The topological polar surface area (TPSA) is 37.4 Å². The van der Waals surface area contributed by atoms with Gasteiger partial charge in [0, 0.05) is 18.7 Å². The summed E-state index contributed by atoms with van der Waals surface area (Å²) in [6.45, 7) is 7.23. The molecule has 1 fully saturated rings. The van der Waals surface area contributed by atoms with Crippen LogP contribution in [-0.2, 0) is 4.79 Å². The minimum absolute atomic E-state index is 0.338. The second-order valence-electron chi connectivity index (χ2n) is 5.46. The van der Waals surface area contributed by atoms with E-state index in [1.165, 1.54) is 0 Å². The van der Waals surface area contributed by atoms with Crippen LogP contribution >= 0.6 is 0 Å². The zero-order valence-electron chi connectivity index (χ0n) is 12.0. The molecule has 1 aromatic rings. The van der Waals surface area contributed by atoms with E-state index in [1.54, 1.807) is 4.90 Å². The summed E-state index contributed by atoms with van der Waals surface area (Å²) in [5.74, 6) is -0.688. The molecule has 0 spiro atoms. The molecule has 1 aliphatic heterocycles. The Kier molecular flexibility index (Phi) is 4.03. The summed E-state index contributed by atoms with van der Waals surface area (Å²) in [7, 11) is 0. The number of hydrogen-bond acceptors (Lipinski definition) is 2. The zero-order chi connectivity index (χ0) is 14.0. The highest BCUT2D eigenvalue weighted by Crippen LogP contribution is 2.19. The van der Waals surface area contributed by atoms with Crippen molar-refractivity contribution in [1.82, 2.24) is 4.90 Å². The number of carbonyl (C=O) groups is 2. The molecule has 0 aliphatic carbocycles. The predicted molar refractivity (Wildman–Crippen MR) is 75.4 cm³/mol.